The van der Waals surface area contributed by atoms with Gasteiger partial charge in [0.25, 0.3) is 5.91 Å². The summed E-state index contributed by atoms with van der Waals surface area (Å²) < 4.78 is 0. The quantitative estimate of drug-likeness (QED) is 0.743. The van der Waals surface area contributed by atoms with Crippen LogP contribution in [0.15, 0.2) is 48.5 Å². The first-order valence-electron chi connectivity index (χ1n) is 10.2. The highest BCUT2D eigenvalue weighted by atomic mass is 16.2. The summed E-state index contributed by atoms with van der Waals surface area (Å²) in [6.45, 7) is 8.07. The maximum Gasteiger partial charge on any atom is 0.319 e. The zero-order valence-electron chi connectivity index (χ0n) is 17.6. The van der Waals surface area contributed by atoms with Crippen molar-refractivity contribution in [1.29, 1.82) is 0 Å². The molecule has 2 N–H and O–H groups in total. The van der Waals surface area contributed by atoms with Crippen LogP contribution in [0.4, 0.5) is 16.2 Å². The van der Waals surface area contributed by atoms with Gasteiger partial charge in [-0.15, -0.1) is 0 Å². The average Bonchev–Trinajstić information content (AvgIpc) is 2.73. The minimum atomic E-state index is -0.267. The first kappa shape index (κ1) is 21.4. The molecule has 158 valence electrons. The molecule has 0 radical (unpaired) electrons. The van der Waals surface area contributed by atoms with Gasteiger partial charge in [-0.25, -0.2) is 4.79 Å². The molecule has 1 saturated heterocycles. The Balaban J connectivity index is 1.54. The van der Waals surface area contributed by atoms with Gasteiger partial charge in [-0.05, 0) is 69.3 Å². The predicted molar refractivity (Wildman–Crippen MR) is 118 cm³/mol. The fourth-order valence-electron chi connectivity index (χ4n) is 3.38. The lowest BCUT2D eigenvalue weighted by Crippen LogP contribution is -2.48. The molecule has 7 nitrogen and oxygen atoms in total. The summed E-state index contributed by atoms with van der Waals surface area (Å²) in [6.07, 6.45) is 0. The predicted octanol–water partition coefficient (Wildman–Crippen LogP) is 3.38. The van der Waals surface area contributed by atoms with Gasteiger partial charge in [0.2, 0.25) is 0 Å². The van der Waals surface area contributed by atoms with E-state index in [0.29, 0.717) is 29.9 Å². The first-order valence-corrected chi connectivity index (χ1v) is 10.2. The number of nitrogens with one attached hydrogen (secondary N) is 2. The lowest BCUT2D eigenvalue weighted by molar-refractivity contribution is 0.0746. The molecule has 30 heavy (non-hydrogen) atoms. The van der Waals surface area contributed by atoms with E-state index in [2.05, 4.69) is 15.5 Å². The van der Waals surface area contributed by atoms with Gasteiger partial charge in [-0.2, -0.15) is 0 Å². The highest BCUT2D eigenvalue weighted by molar-refractivity contribution is 5.96. The zero-order valence-corrected chi connectivity index (χ0v) is 17.6. The number of amides is 3. The minimum Gasteiger partial charge on any atom is -0.368 e. The third-order valence-corrected chi connectivity index (χ3v) is 5.02. The lowest BCUT2D eigenvalue weighted by Gasteiger charge is -2.36. The molecule has 1 aliphatic heterocycles. The van der Waals surface area contributed by atoms with Crippen LogP contribution >= 0.6 is 0 Å². The SMILES string of the molecule is CC(=O)c1ccc(N2CCN(C(=O)c3ccc(NC(=O)NC(C)C)cc3)CC2)cc1. The van der Waals surface area contributed by atoms with Crippen LogP contribution < -0.4 is 15.5 Å². The second kappa shape index (κ2) is 9.43. The van der Waals surface area contributed by atoms with Crippen molar-refractivity contribution in [2.24, 2.45) is 0 Å². The third-order valence-electron chi connectivity index (χ3n) is 5.02. The topological polar surface area (TPSA) is 81.8 Å². The van der Waals surface area contributed by atoms with Crippen LogP contribution in [-0.2, 0) is 0 Å². The number of piperazine rings is 1. The van der Waals surface area contributed by atoms with E-state index in [9.17, 15) is 14.4 Å². The largest absolute Gasteiger partial charge is 0.368 e. The summed E-state index contributed by atoms with van der Waals surface area (Å²) in [7, 11) is 0. The van der Waals surface area contributed by atoms with Crippen molar-refractivity contribution in [3.63, 3.8) is 0 Å². The third kappa shape index (κ3) is 5.37. The van der Waals surface area contributed by atoms with Crippen molar-refractivity contribution in [3.05, 3.63) is 59.7 Å². The van der Waals surface area contributed by atoms with Crippen molar-refractivity contribution in [2.75, 3.05) is 36.4 Å². The normalized spacial score (nSPS) is 13.9. The molecule has 0 atom stereocenters. The second-order valence-electron chi connectivity index (χ2n) is 7.71. The van der Waals surface area contributed by atoms with Crippen LogP contribution in [0.3, 0.4) is 0 Å². The fourth-order valence-corrected chi connectivity index (χ4v) is 3.38. The zero-order chi connectivity index (χ0) is 21.7. The Kier molecular flexibility index (Phi) is 6.72. The molecule has 0 saturated carbocycles. The highest BCUT2D eigenvalue weighted by Crippen LogP contribution is 2.19. The van der Waals surface area contributed by atoms with Crippen molar-refractivity contribution >= 4 is 29.1 Å². The Labute approximate surface area is 177 Å². The van der Waals surface area contributed by atoms with Crippen molar-refractivity contribution in [3.8, 4) is 0 Å². The van der Waals surface area contributed by atoms with Crippen LogP contribution in [0.2, 0.25) is 0 Å². The fraction of sp³-hybridized carbons (Fsp3) is 0.348. The number of carbonyl (C=O) groups excluding carboxylic acids is 3. The summed E-state index contributed by atoms with van der Waals surface area (Å²) in [5.41, 5.74) is 3.00. The molecule has 2 aromatic carbocycles. The summed E-state index contributed by atoms with van der Waals surface area (Å²) in [4.78, 5) is 40.1. The summed E-state index contributed by atoms with van der Waals surface area (Å²) in [5.74, 6) is 0.0403. The van der Waals surface area contributed by atoms with Gasteiger partial charge in [-0.1, -0.05) is 0 Å². The molecule has 0 spiro atoms. The van der Waals surface area contributed by atoms with Crippen LogP contribution in [0, 0.1) is 0 Å². The van der Waals surface area contributed by atoms with E-state index in [4.69, 9.17) is 0 Å². The van der Waals surface area contributed by atoms with Crippen LogP contribution in [0.5, 0.6) is 0 Å². The van der Waals surface area contributed by atoms with Gasteiger partial charge in [0.05, 0.1) is 0 Å². The van der Waals surface area contributed by atoms with E-state index in [-0.39, 0.29) is 23.8 Å². The van der Waals surface area contributed by atoms with E-state index in [1.165, 1.54) is 0 Å². The van der Waals surface area contributed by atoms with Gasteiger partial charge in [0, 0.05) is 54.7 Å². The Morgan fingerprint density at radius 3 is 1.93 bits per heavy atom. The molecular weight excluding hydrogens is 380 g/mol. The smallest absolute Gasteiger partial charge is 0.319 e. The number of nitrogens with zero attached hydrogens (tertiary/aromatic N) is 2. The first-order chi connectivity index (χ1) is 14.3. The molecule has 3 amide bonds. The van der Waals surface area contributed by atoms with Crippen molar-refractivity contribution < 1.29 is 14.4 Å². The molecule has 3 rings (SSSR count). The van der Waals surface area contributed by atoms with E-state index < -0.39 is 0 Å². The molecule has 0 unspecified atom stereocenters. The Morgan fingerprint density at radius 2 is 1.40 bits per heavy atom. The van der Waals surface area contributed by atoms with Gasteiger partial charge < -0.3 is 20.4 Å². The lowest BCUT2D eigenvalue weighted by atomic mass is 10.1. The van der Waals surface area contributed by atoms with Crippen LogP contribution in [0.25, 0.3) is 0 Å². The van der Waals surface area contributed by atoms with Crippen molar-refractivity contribution in [2.45, 2.75) is 26.8 Å². The number of hydrogen-bond donors (Lipinski definition) is 2. The maximum absolute atomic E-state index is 12.8. The minimum absolute atomic E-state index is 0.0141. The maximum atomic E-state index is 12.8. The van der Waals surface area contributed by atoms with E-state index in [1.54, 1.807) is 31.2 Å². The molecular formula is C23H28N4O3. The molecule has 1 aliphatic rings. The Bertz CT molecular complexity index is 899. The molecule has 0 aromatic heterocycles. The van der Waals surface area contributed by atoms with Gasteiger partial charge in [0.1, 0.15) is 0 Å². The van der Waals surface area contributed by atoms with Gasteiger partial charge in [0.15, 0.2) is 5.78 Å². The summed E-state index contributed by atoms with van der Waals surface area (Å²) in [5, 5.41) is 5.51. The van der Waals surface area contributed by atoms with Crippen molar-refractivity contribution in [1.82, 2.24) is 10.2 Å². The monoisotopic (exact) mass is 408 g/mol. The number of hydrogen-bond acceptors (Lipinski definition) is 4. The molecule has 0 bridgehead atoms. The second-order valence-corrected chi connectivity index (χ2v) is 7.71. The Morgan fingerprint density at radius 1 is 0.833 bits per heavy atom. The highest BCUT2D eigenvalue weighted by Gasteiger charge is 2.22. The number of anilines is 2. The van der Waals surface area contributed by atoms with E-state index >= 15 is 0 Å². The number of Topliss-reactive ketones (excluding diaryl/α,β-unsaturated/α-hetero) is 1. The Hall–Kier alpha value is -3.35. The average molecular weight is 409 g/mol. The number of ketones is 1. The summed E-state index contributed by atoms with van der Waals surface area (Å²) in [6, 6.07) is 14.3. The molecule has 1 fully saturated rings. The molecule has 1 heterocycles. The molecule has 7 heteroatoms. The number of benzene rings is 2. The molecule has 0 aliphatic carbocycles. The summed E-state index contributed by atoms with van der Waals surface area (Å²) >= 11 is 0. The number of carbonyl (C=O) groups is 3. The number of urea groups is 1. The van der Waals surface area contributed by atoms with Gasteiger partial charge in [-0.3, -0.25) is 9.59 Å². The van der Waals surface area contributed by atoms with Crippen LogP contribution in [0.1, 0.15) is 41.5 Å². The standard InChI is InChI=1S/C23H28N4O3/c1-16(2)24-23(30)25-20-8-4-19(5-9-20)22(29)27-14-12-26(13-15-27)21-10-6-18(7-11-21)17(3)28/h4-11,16H,12-15H2,1-3H3,(H2,24,25,30). The molecule has 2 aromatic rings. The number of rotatable bonds is 5. The van der Waals surface area contributed by atoms with E-state index in [1.807, 2.05) is 43.0 Å². The van der Waals surface area contributed by atoms with Crippen LogP contribution in [-0.4, -0.2) is 54.8 Å². The van der Waals surface area contributed by atoms with Gasteiger partial charge >= 0.3 is 6.03 Å². The van der Waals surface area contributed by atoms with E-state index in [0.717, 1.165) is 18.8 Å².